The van der Waals surface area contributed by atoms with Crippen molar-refractivity contribution in [1.82, 2.24) is 0 Å². The summed E-state index contributed by atoms with van der Waals surface area (Å²) in [5.74, 6) is -0.465. The van der Waals surface area contributed by atoms with Gasteiger partial charge in [-0.3, -0.25) is 0 Å². The number of nitrogens with zero attached hydrogens (tertiary/aromatic N) is 1. The number of carbonyl (C=O) groups is 1. The molecule has 2 N–H and O–H groups in total. The molecular weight excluding hydrogens is 132 g/mol. The van der Waals surface area contributed by atoms with Crippen LogP contribution in [0.1, 0.15) is 13.3 Å². The first-order valence-corrected chi connectivity index (χ1v) is 3.21. The Morgan fingerprint density at radius 3 is 2.90 bits per heavy atom. The Labute approximate surface area is 59.0 Å². The van der Waals surface area contributed by atoms with Gasteiger partial charge in [0.25, 0.3) is 0 Å². The lowest BCUT2D eigenvalue weighted by molar-refractivity contribution is -0.143. The van der Waals surface area contributed by atoms with E-state index in [2.05, 4.69) is 9.99 Å². The number of hydrogen-bond donors (Lipinski definition) is 1. The highest BCUT2D eigenvalue weighted by Gasteiger charge is 2.28. The van der Waals surface area contributed by atoms with Crippen LogP contribution in [0.2, 0.25) is 0 Å². The van der Waals surface area contributed by atoms with Gasteiger partial charge < -0.3 is 10.6 Å². The molecule has 0 aromatic carbocycles. The predicted octanol–water partition coefficient (Wildman–Crippen LogP) is -0.116. The maximum atomic E-state index is 10.8. The molecule has 1 unspecified atom stereocenters. The van der Waals surface area contributed by atoms with Crippen molar-refractivity contribution in [3.8, 4) is 0 Å². The van der Waals surface area contributed by atoms with Gasteiger partial charge >= 0.3 is 5.97 Å². The van der Waals surface area contributed by atoms with E-state index in [-0.39, 0.29) is 11.9 Å². The summed E-state index contributed by atoms with van der Waals surface area (Å²) in [5, 5.41) is 3.53. The molecule has 56 valence electrons. The van der Waals surface area contributed by atoms with E-state index in [4.69, 9.17) is 5.73 Å². The fourth-order valence-corrected chi connectivity index (χ4v) is 0.908. The second-order valence-corrected chi connectivity index (χ2v) is 2.27. The van der Waals surface area contributed by atoms with Gasteiger partial charge in [-0.1, -0.05) is 5.16 Å². The molecule has 1 aliphatic rings. The molecule has 0 aromatic heterocycles. The van der Waals surface area contributed by atoms with E-state index >= 15 is 0 Å². The number of nitrogens with two attached hydrogens (primary N) is 1. The number of oxime groups is 1. The molecule has 0 spiro atoms. The minimum absolute atomic E-state index is 0.190. The normalized spacial score (nSPS) is 24.4. The minimum atomic E-state index is -0.275. The van der Waals surface area contributed by atoms with Crippen LogP contribution in [0.3, 0.4) is 0 Å². The fraction of sp³-hybridized carbons (Fsp3) is 0.667. The van der Waals surface area contributed by atoms with Gasteiger partial charge in [-0.05, 0) is 19.9 Å². The smallest absolute Gasteiger partial charge is 0.330 e. The molecule has 10 heavy (non-hydrogen) atoms. The highest BCUT2D eigenvalue weighted by atomic mass is 16.7. The van der Waals surface area contributed by atoms with Gasteiger partial charge in [0, 0.05) is 0 Å². The molecule has 1 atom stereocenters. The molecule has 0 fully saturated rings. The summed E-state index contributed by atoms with van der Waals surface area (Å²) in [4.78, 5) is 15.2. The summed E-state index contributed by atoms with van der Waals surface area (Å²) in [5.41, 5.74) is 6.00. The van der Waals surface area contributed by atoms with E-state index < -0.39 is 0 Å². The highest BCUT2D eigenvalue weighted by molar-refractivity contribution is 6.03. The van der Waals surface area contributed by atoms with Crippen molar-refractivity contribution in [3.63, 3.8) is 0 Å². The Balaban J connectivity index is 2.56. The molecule has 1 rings (SSSR count). The SMILES string of the molecule is CC1=NOC(=O)C1CCN. The Morgan fingerprint density at radius 1 is 1.80 bits per heavy atom. The van der Waals surface area contributed by atoms with Gasteiger partial charge in [0.15, 0.2) is 0 Å². The topological polar surface area (TPSA) is 64.7 Å². The van der Waals surface area contributed by atoms with E-state index in [1.165, 1.54) is 0 Å². The molecule has 4 heteroatoms. The average molecular weight is 142 g/mol. The Kier molecular flexibility index (Phi) is 2.01. The van der Waals surface area contributed by atoms with E-state index in [0.717, 1.165) is 5.71 Å². The van der Waals surface area contributed by atoms with Gasteiger partial charge in [-0.25, -0.2) is 4.79 Å². The summed E-state index contributed by atoms with van der Waals surface area (Å²) in [6.07, 6.45) is 0.633. The van der Waals surface area contributed by atoms with Crippen LogP contribution in [-0.4, -0.2) is 18.2 Å². The third kappa shape index (κ3) is 1.16. The molecule has 1 heterocycles. The largest absolute Gasteiger partial charge is 0.343 e. The quantitative estimate of drug-likeness (QED) is 0.547. The lowest BCUT2D eigenvalue weighted by Gasteiger charge is -2.00. The van der Waals surface area contributed by atoms with E-state index in [0.29, 0.717) is 13.0 Å². The van der Waals surface area contributed by atoms with Crippen molar-refractivity contribution in [2.24, 2.45) is 16.8 Å². The monoisotopic (exact) mass is 142 g/mol. The summed E-state index contributed by atoms with van der Waals surface area (Å²) >= 11 is 0. The molecular formula is C6H10N2O2. The molecule has 1 aliphatic heterocycles. The van der Waals surface area contributed by atoms with Crippen molar-refractivity contribution < 1.29 is 9.63 Å². The Bertz CT molecular complexity index is 177. The van der Waals surface area contributed by atoms with Crippen molar-refractivity contribution in [1.29, 1.82) is 0 Å². The first-order chi connectivity index (χ1) is 4.75. The first-order valence-electron chi connectivity index (χ1n) is 3.21. The zero-order valence-electron chi connectivity index (χ0n) is 5.83. The Hall–Kier alpha value is -0.900. The predicted molar refractivity (Wildman–Crippen MR) is 36.4 cm³/mol. The van der Waals surface area contributed by atoms with Crippen LogP contribution in [0.25, 0.3) is 0 Å². The number of hydrogen-bond acceptors (Lipinski definition) is 4. The molecule has 0 bridgehead atoms. The molecule has 0 radical (unpaired) electrons. The van der Waals surface area contributed by atoms with E-state index in [1.807, 2.05) is 0 Å². The molecule has 0 saturated carbocycles. The maximum absolute atomic E-state index is 10.8. The van der Waals surface area contributed by atoms with Crippen LogP contribution in [0.4, 0.5) is 0 Å². The summed E-state index contributed by atoms with van der Waals surface area (Å²) < 4.78 is 0. The van der Waals surface area contributed by atoms with Crippen LogP contribution >= 0.6 is 0 Å². The lowest BCUT2D eigenvalue weighted by Crippen LogP contribution is -2.19. The number of rotatable bonds is 2. The molecule has 0 aliphatic carbocycles. The van der Waals surface area contributed by atoms with Crippen LogP contribution < -0.4 is 5.73 Å². The molecule has 0 amide bonds. The third-order valence-electron chi connectivity index (χ3n) is 1.52. The zero-order chi connectivity index (χ0) is 7.56. The highest BCUT2D eigenvalue weighted by Crippen LogP contribution is 2.14. The average Bonchev–Trinajstić information content (AvgIpc) is 2.20. The first kappa shape index (κ1) is 7.21. The van der Waals surface area contributed by atoms with E-state index in [1.54, 1.807) is 6.92 Å². The van der Waals surface area contributed by atoms with Gasteiger partial charge in [0.05, 0.1) is 5.71 Å². The second kappa shape index (κ2) is 2.79. The molecule has 0 aromatic rings. The van der Waals surface area contributed by atoms with Gasteiger partial charge in [0.1, 0.15) is 5.92 Å². The van der Waals surface area contributed by atoms with Gasteiger partial charge in [-0.15, -0.1) is 0 Å². The maximum Gasteiger partial charge on any atom is 0.343 e. The molecule has 4 nitrogen and oxygen atoms in total. The lowest BCUT2D eigenvalue weighted by atomic mass is 10.0. The van der Waals surface area contributed by atoms with E-state index in [9.17, 15) is 4.79 Å². The number of carbonyl (C=O) groups excluding carboxylic acids is 1. The third-order valence-corrected chi connectivity index (χ3v) is 1.52. The summed E-state index contributed by atoms with van der Waals surface area (Å²) in [6, 6.07) is 0. The van der Waals surface area contributed by atoms with Crippen molar-refractivity contribution in [3.05, 3.63) is 0 Å². The molecule has 0 saturated heterocycles. The van der Waals surface area contributed by atoms with Gasteiger partial charge in [0.2, 0.25) is 0 Å². The van der Waals surface area contributed by atoms with Crippen molar-refractivity contribution >= 4 is 11.7 Å². The zero-order valence-corrected chi connectivity index (χ0v) is 5.83. The Morgan fingerprint density at radius 2 is 2.50 bits per heavy atom. The van der Waals surface area contributed by atoms with Crippen LogP contribution in [0.5, 0.6) is 0 Å². The van der Waals surface area contributed by atoms with Crippen LogP contribution in [0, 0.1) is 5.92 Å². The van der Waals surface area contributed by atoms with Gasteiger partial charge in [-0.2, -0.15) is 0 Å². The van der Waals surface area contributed by atoms with Crippen molar-refractivity contribution in [2.75, 3.05) is 6.54 Å². The second-order valence-electron chi connectivity index (χ2n) is 2.27. The fourth-order valence-electron chi connectivity index (χ4n) is 0.908. The van der Waals surface area contributed by atoms with Crippen LogP contribution in [-0.2, 0) is 9.63 Å². The summed E-state index contributed by atoms with van der Waals surface area (Å²) in [7, 11) is 0. The summed E-state index contributed by atoms with van der Waals surface area (Å²) in [6.45, 7) is 2.26. The van der Waals surface area contributed by atoms with Crippen LogP contribution in [0.15, 0.2) is 5.16 Å². The minimum Gasteiger partial charge on any atom is -0.330 e. The van der Waals surface area contributed by atoms with Crippen molar-refractivity contribution in [2.45, 2.75) is 13.3 Å². The standard InChI is InChI=1S/C6H10N2O2/c1-4-5(2-3-7)6(9)10-8-4/h5H,2-3,7H2,1H3.